The molecule has 0 bridgehead atoms. The number of fused-ring (bicyclic) bond motifs is 3. The number of imidazole rings is 2. The van der Waals surface area contributed by atoms with E-state index in [-0.39, 0.29) is 36.9 Å². The molecule has 1 saturated heterocycles. The highest BCUT2D eigenvalue weighted by atomic mass is 16.5. The molecule has 4 amide bonds. The number of H-pyrrole nitrogens is 2. The van der Waals surface area contributed by atoms with Crippen molar-refractivity contribution in [3.63, 3.8) is 0 Å². The highest BCUT2D eigenvalue weighted by Crippen LogP contribution is 2.30. The van der Waals surface area contributed by atoms with E-state index in [0.29, 0.717) is 59.5 Å². The van der Waals surface area contributed by atoms with Crippen LogP contribution in [0.5, 0.6) is 5.88 Å². The first-order chi connectivity index (χ1) is 32.6. The molecule has 1 aliphatic heterocycles. The molecule has 342 valence electrons. The van der Waals surface area contributed by atoms with Gasteiger partial charge in [0.1, 0.15) is 12.1 Å². The zero-order valence-corrected chi connectivity index (χ0v) is 36.5. The predicted molar refractivity (Wildman–Crippen MR) is 248 cm³/mol. The molecule has 3 atom stereocenters. The predicted octanol–water partition coefficient (Wildman–Crippen LogP) is 4.36. The van der Waals surface area contributed by atoms with Crippen molar-refractivity contribution in [3.05, 3.63) is 139 Å². The van der Waals surface area contributed by atoms with Crippen LogP contribution in [0.25, 0.3) is 27.5 Å². The van der Waals surface area contributed by atoms with Crippen molar-refractivity contribution >= 4 is 68.4 Å². The first-order valence-corrected chi connectivity index (χ1v) is 21.9. The molecule has 0 saturated carbocycles. The van der Waals surface area contributed by atoms with Gasteiger partial charge in [0.25, 0.3) is 5.91 Å². The molecule has 8 aromatic rings. The highest BCUT2D eigenvalue weighted by Gasteiger charge is 2.38. The van der Waals surface area contributed by atoms with E-state index in [2.05, 4.69) is 35.9 Å². The van der Waals surface area contributed by atoms with E-state index in [1.807, 2.05) is 60.8 Å². The largest absolute Gasteiger partial charge is 0.466 e. The Kier molecular flexibility index (Phi) is 12.7. The molecule has 1 aliphatic rings. The number of nitrogens with one attached hydrogen (secondary N) is 5. The van der Waals surface area contributed by atoms with Crippen LogP contribution in [0.3, 0.4) is 0 Å². The van der Waals surface area contributed by atoms with Crippen molar-refractivity contribution in [1.29, 1.82) is 0 Å². The molecule has 9 rings (SSSR count). The molecule has 3 aromatic carbocycles. The minimum Gasteiger partial charge on any atom is -0.466 e. The van der Waals surface area contributed by atoms with Gasteiger partial charge in [0.05, 0.1) is 42.1 Å². The van der Waals surface area contributed by atoms with Crippen LogP contribution in [0.2, 0.25) is 0 Å². The quantitative estimate of drug-likeness (QED) is 0.0701. The van der Waals surface area contributed by atoms with Crippen molar-refractivity contribution in [2.24, 2.45) is 5.73 Å². The lowest BCUT2D eigenvalue weighted by Gasteiger charge is -2.28. The number of hydrogen-bond donors (Lipinski definition) is 6. The summed E-state index contributed by atoms with van der Waals surface area (Å²) in [6, 6.07) is 23.3. The zero-order valence-electron chi connectivity index (χ0n) is 36.5. The number of nitrogens with two attached hydrogens (primary N) is 1. The Bertz CT molecular complexity index is 3090. The van der Waals surface area contributed by atoms with Gasteiger partial charge in [-0.25, -0.2) is 14.8 Å². The van der Waals surface area contributed by atoms with Gasteiger partial charge in [0.15, 0.2) is 17.9 Å². The fourth-order valence-electron chi connectivity index (χ4n) is 8.41. The number of hydrogen-bond acceptors (Lipinski definition) is 11. The summed E-state index contributed by atoms with van der Waals surface area (Å²) >= 11 is 0. The maximum absolute atomic E-state index is 14.2. The van der Waals surface area contributed by atoms with Gasteiger partial charge in [-0.05, 0) is 73.7 Å². The fraction of sp³-hybridized carbons (Fsp3) is 0.250. The SMILES string of the molecule is CCOC(=O)c1cn2cccc(NC(=O)COc3nn(Cc4ccccc4)c4ccc(NC(=O)C(Cc5cnc[nH]5)NC(=O)C5CCCN5C(=O)C(N)Cc5c[nH]c6ccccc56)cc34)c2n1. The fourth-order valence-corrected chi connectivity index (χ4v) is 8.41. The van der Waals surface area contributed by atoms with Crippen LogP contribution in [-0.2, 0) is 43.3 Å². The Balaban J connectivity index is 0.916. The number of anilines is 2. The Hall–Kier alpha value is -8.32. The average Bonchev–Trinajstić information content (AvgIpc) is 4.20. The van der Waals surface area contributed by atoms with E-state index in [1.165, 1.54) is 17.4 Å². The summed E-state index contributed by atoms with van der Waals surface area (Å²) in [5, 5.41) is 14.9. The first-order valence-electron chi connectivity index (χ1n) is 21.9. The number of para-hydroxylation sites is 1. The number of rotatable bonds is 17. The van der Waals surface area contributed by atoms with Gasteiger partial charge >= 0.3 is 5.97 Å². The van der Waals surface area contributed by atoms with Crippen LogP contribution in [0.4, 0.5) is 11.4 Å². The Morgan fingerprint density at radius 3 is 2.60 bits per heavy atom. The standard InChI is InChI=1S/C48H48N12O7/c1-2-66-48(65)39-26-58-18-8-14-37(43(58)55-39)54-42(61)27-67-46-34-21-31(16-17-40(34)60(57-46)25-29-10-4-3-5-11-29)53-44(62)38(22-32-24-50-28-52-32)56-45(63)41-15-9-19-59(41)47(64)35(49)20-30-23-51-36-13-7-6-12-33(30)36/h3-8,10-14,16-18,21,23-24,26,28,35,38,41,51H,2,9,15,19-20,22,25,27,49H2,1H3,(H,50,52)(H,53,62)(H,54,61)(H,56,63). The van der Waals surface area contributed by atoms with E-state index in [9.17, 15) is 24.0 Å². The van der Waals surface area contributed by atoms with Crippen molar-refractivity contribution in [2.45, 2.75) is 57.3 Å². The number of esters is 1. The molecule has 1 fully saturated rings. The number of aromatic amines is 2. The molecular formula is C48H48N12O7. The molecule has 67 heavy (non-hydrogen) atoms. The number of benzene rings is 3. The van der Waals surface area contributed by atoms with Crippen molar-refractivity contribution in [3.8, 4) is 5.88 Å². The third-order valence-electron chi connectivity index (χ3n) is 11.6. The van der Waals surface area contributed by atoms with Gasteiger partial charge in [-0.1, -0.05) is 48.5 Å². The molecule has 0 spiro atoms. The first kappa shape index (κ1) is 43.9. The van der Waals surface area contributed by atoms with Crippen LogP contribution in [-0.4, -0.2) is 106 Å². The van der Waals surface area contributed by atoms with E-state index in [1.54, 1.807) is 58.7 Å². The smallest absolute Gasteiger partial charge is 0.358 e. The molecule has 6 heterocycles. The number of pyridine rings is 1. The van der Waals surface area contributed by atoms with Gasteiger partial charge in [0.2, 0.25) is 23.6 Å². The molecule has 7 N–H and O–H groups in total. The summed E-state index contributed by atoms with van der Waals surface area (Å²) in [4.78, 5) is 84.0. The second-order valence-electron chi connectivity index (χ2n) is 16.2. The van der Waals surface area contributed by atoms with Crippen LogP contribution in [0, 0.1) is 0 Å². The van der Waals surface area contributed by atoms with Crippen LogP contribution in [0.1, 0.15) is 47.1 Å². The number of ether oxygens (including phenoxy) is 2. The average molecular weight is 905 g/mol. The summed E-state index contributed by atoms with van der Waals surface area (Å²) in [6.07, 6.45) is 9.51. The third kappa shape index (κ3) is 9.71. The molecule has 19 nitrogen and oxygen atoms in total. The summed E-state index contributed by atoms with van der Waals surface area (Å²) < 4.78 is 14.5. The Labute approximate surface area is 383 Å². The van der Waals surface area contributed by atoms with E-state index >= 15 is 0 Å². The third-order valence-corrected chi connectivity index (χ3v) is 11.6. The number of likely N-dealkylation sites (tertiary alicyclic amines) is 1. The summed E-state index contributed by atoms with van der Waals surface area (Å²) in [5.74, 6) is -2.29. The van der Waals surface area contributed by atoms with Crippen LogP contribution >= 0.6 is 0 Å². The lowest BCUT2D eigenvalue weighted by molar-refractivity contribution is -0.140. The topological polar surface area (TPSA) is 249 Å². The van der Waals surface area contributed by atoms with E-state index in [0.717, 1.165) is 22.0 Å². The number of carbonyl (C=O) groups is 5. The maximum Gasteiger partial charge on any atom is 0.358 e. The van der Waals surface area contributed by atoms with Crippen molar-refractivity contribution in [1.82, 2.24) is 44.3 Å². The maximum atomic E-state index is 14.2. The van der Waals surface area contributed by atoms with Crippen LogP contribution in [0.15, 0.2) is 116 Å². The monoisotopic (exact) mass is 904 g/mol. The van der Waals surface area contributed by atoms with Gasteiger partial charge in [-0.2, -0.15) is 0 Å². The number of amides is 4. The second-order valence-corrected chi connectivity index (χ2v) is 16.2. The lowest BCUT2D eigenvalue weighted by atomic mass is 10.0. The summed E-state index contributed by atoms with van der Waals surface area (Å²) in [5.41, 5.74) is 11.8. The van der Waals surface area contributed by atoms with E-state index < -0.39 is 48.4 Å². The minimum atomic E-state index is -1.07. The molecular weight excluding hydrogens is 857 g/mol. The minimum absolute atomic E-state index is 0.0790. The lowest BCUT2D eigenvalue weighted by Crippen LogP contribution is -2.55. The number of nitrogens with zero attached hydrogens (tertiary/aromatic N) is 6. The molecule has 0 radical (unpaired) electrons. The van der Waals surface area contributed by atoms with Crippen molar-refractivity contribution < 1.29 is 33.4 Å². The molecule has 3 unspecified atom stereocenters. The van der Waals surface area contributed by atoms with E-state index in [4.69, 9.17) is 20.3 Å². The Morgan fingerprint density at radius 1 is 0.940 bits per heavy atom. The van der Waals surface area contributed by atoms with Gasteiger partial charge < -0.3 is 50.4 Å². The summed E-state index contributed by atoms with van der Waals surface area (Å²) in [6.45, 7) is 2.20. The molecule has 19 heteroatoms. The van der Waals surface area contributed by atoms with Gasteiger partial charge in [-0.15, -0.1) is 5.10 Å². The van der Waals surface area contributed by atoms with Gasteiger partial charge in [0, 0.05) is 60.0 Å². The highest BCUT2D eigenvalue weighted by molar-refractivity contribution is 6.01. The molecule has 5 aromatic heterocycles. The Morgan fingerprint density at radius 2 is 1.78 bits per heavy atom. The number of carbonyl (C=O) groups excluding carboxylic acids is 5. The zero-order chi connectivity index (χ0) is 46.4. The number of aromatic nitrogens is 7. The van der Waals surface area contributed by atoms with Crippen molar-refractivity contribution in [2.75, 3.05) is 30.4 Å². The molecule has 0 aliphatic carbocycles. The summed E-state index contributed by atoms with van der Waals surface area (Å²) in [7, 11) is 0. The second kappa shape index (κ2) is 19.4. The van der Waals surface area contributed by atoms with Gasteiger partial charge in [-0.3, -0.25) is 23.9 Å². The van der Waals surface area contributed by atoms with Crippen LogP contribution < -0.4 is 26.4 Å². The normalized spacial score (nSPS) is 14.5.